The molecule has 46 heavy (non-hydrogen) atoms. The van der Waals surface area contributed by atoms with Gasteiger partial charge in [0.1, 0.15) is 23.6 Å². The summed E-state index contributed by atoms with van der Waals surface area (Å²) in [5, 5.41) is 37.8. The molecule has 1 aliphatic carbocycles. The average Bonchev–Trinajstić information content (AvgIpc) is 3.04. The van der Waals surface area contributed by atoms with Gasteiger partial charge >= 0.3 is 5.97 Å². The number of fused-ring (bicyclic) bond motifs is 2. The standard InChI is InChI=1S/C36H50N2O8/c1-23-14-13-17-27-20-28(39)21-30(34(27)42)38-32(40)22-29(45-4)18-11-6-5-7-12-19-31(24(2)33(23)41)46-36(44)25(3)37-35(43)26-15-9-8-10-16-26/h5-7,11-12,14,18,20-21,24-26,29,31,33,39,41-42H,8-10,13,15-17,19,22H2,1-4H3,(H,37,43)(H,38,40)/b6-5+,12-7-,18-11+,23-14+/t24?,25-,29?,31?,33?/m1/s1. The van der Waals surface area contributed by atoms with Crippen LogP contribution in [0.4, 0.5) is 5.69 Å². The minimum Gasteiger partial charge on any atom is -0.508 e. The first-order chi connectivity index (χ1) is 22.0. The second kappa shape index (κ2) is 18.3. The number of nitrogens with one attached hydrogen (secondary N) is 2. The van der Waals surface area contributed by atoms with Crippen molar-refractivity contribution in [3.63, 3.8) is 0 Å². The zero-order chi connectivity index (χ0) is 33.6. The van der Waals surface area contributed by atoms with Gasteiger partial charge in [0.15, 0.2) is 0 Å². The number of aliphatic hydroxyl groups excluding tert-OH is 1. The summed E-state index contributed by atoms with van der Waals surface area (Å²) < 4.78 is 11.3. The fourth-order valence-corrected chi connectivity index (χ4v) is 5.76. The molecule has 1 heterocycles. The van der Waals surface area contributed by atoms with Gasteiger partial charge < -0.3 is 35.4 Å². The predicted octanol–water partition coefficient (Wildman–Crippen LogP) is 5.39. The van der Waals surface area contributed by atoms with Crippen LogP contribution in [0, 0.1) is 11.8 Å². The van der Waals surface area contributed by atoms with E-state index in [2.05, 4.69) is 10.6 Å². The number of amides is 2. The second-order valence-corrected chi connectivity index (χ2v) is 12.3. The van der Waals surface area contributed by atoms with Gasteiger partial charge in [-0.3, -0.25) is 9.59 Å². The Morgan fingerprint density at radius 2 is 1.78 bits per heavy atom. The van der Waals surface area contributed by atoms with Crippen molar-refractivity contribution < 1.29 is 39.2 Å². The van der Waals surface area contributed by atoms with Crippen molar-refractivity contribution in [3.8, 4) is 11.5 Å². The molecule has 0 saturated heterocycles. The molecule has 0 radical (unpaired) electrons. The number of hydrogen-bond acceptors (Lipinski definition) is 8. The van der Waals surface area contributed by atoms with E-state index in [4.69, 9.17) is 9.47 Å². The van der Waals surface area contributed by atoms with Crippen molar-refractivity contribution in [1.82, 2.24) is 5.32 Å². The Kier molecular flexibility index (Phi) is 14.6. The number of aryl methyl sites for hydroxylation is 1. The molecule has 0 spiro atoms. The Balaban J connectivity index is 1.82. The van der Waals surface area contributed by atoms with Gasteiger partial charge in [0.25, 0.3) is 0 Å². The minimum absolute atomic E-state index is 0.00853. The third-order valence-electron chi connectivity index (χ3n) is 8.69. The first kappa shape index (κ1) is 36.6. The summed E-state index contributed by atoms with van der Waals surface area (Å²) in [6.45, 7) is 5.22. The molecule has 10 nitrogen and oxygen atoms in total. The number of methoxy groups -OCH3 is 1. The van der Waals surface area contributed by atoms with Gasteiger partial charge in [-0.15, -0.1) is 0 Å². The normalized spacial score (nSPS) is 27.8. The molecule has 1 fully saturated rings. The van der Waals surface area contributed by atoms with E-state index in [9.17, 15) is 29.7 Å². The van der Waals surface area contributed by atoms with Gasteiger partial charge in [-0.05, 0) is 56.7 Å². The number of hydrogen-bond donors (Lipinski definition) is 5. The highest BCUT2D eigenvalue weighted by Crippen LogP contribution is 2.34. The molecule has 252 valence electrons. The van der Waals surface area contributed by atoms with Crippen LogP contribution < -0.4 is 10.6 Å². The third kappa shape index (κ3) is 11.2. The van der Waals surface area contributed by atoms with Crippen molar-refractivity contribution in [3.05, 3.63) is 65.8 Å². The van der Waals surface area contributed by atoms with Crippen LogP contribution in [0.3, 0.4) is 0 Å². The lowest BCUT2D eigenvalue weighted by atomic mass is 9.88. The SMILES string of the molecule is COC1/C=C/C=C/C=C\CC(OC(=O)[C@@H](C)NC(=O)C2CCCCC2)C(C)C(O)/C(C)=C/CCc2cc(O)cc(c2O)NC(=O)C1. The fourth-order valence-electron chi connectivity index (χ4n) is 5.76. The molecular formula is C36H50N2O8. The van der Waals surface area contributed by atoms with Crippen LogP contribution in [0.1, 0.15) is 77.7 Å². The molecule has 1 aromatic rings. The maximum atomic E-state index is 13.1. The van der Waals surface area contributed by atoms with E-state index in [0.717, 1.165) is 32.1 Å². The van der Waals surface area contributed by atoms with E-state index < -0.39 is 42.1 Å². The lowest BCUT2D eigenvalue weighted by Gasteiger charge is -2.29. The number of carbonyl (C=O) groups is 3. The number of phenolic OH excluding ortho intramolecular Hbond substituents is 2. The summed E-state index contributed by atoms with van der Waals surface area (Å²) >= 11 is 0. The Morgan fingerprint density at radius 3 is 2.50 bits per heavy atom. The van der Waals surface area contributed by atoms with Gasteiger partial charge in [-0.1, -0.05) is 68.7 Å². The van der Waals surface area contributed by atoms with Crippen LogP contribution >= 0.6 is 0 Å². The van der Waals surface area contributed by atoms with Crippen LogP contribution in [-0.4, -0.2) is 64.6 Å². The second-order valence-electron chi connectivity index (χ2n) is 12.3. The minimum atomic E-state index is -0.940. The van der Waals surface area contributed by atoms with Gasteiger partial charge in [0.2, 0.25) is 11.8 Å². The van der Waals surface area contributed by atoms with E-state index >= 15 is 0 Å². The van der Waals surface area contributed by atoms with E-state index in [-0.39, 0.29) is 35.4 Å². The lowest BCUT2D eigenvalue weighted by Crippen LogP contribution is -2.45. The Hall–Kier alpha value is -3.89. The molecule has 1 saturated carbocycles. The van der Waals surface area contributed by atoms with Crippen molar-refractivity contribution in [2.75, 3.05) is 12.4 Å². The molecule has 1 aliphatic heterocycles. The number of carbonyl (C=O) groups excluding carboxylic acids is 3. The lowest BCUT2D eigenvalue weighted by molar-refractivity contribution is -0.156. The highest BCUT2D eigenvalue weighted by molar-refractivity contribution is 5.93. The molecule has 0 aromatic heterocycles. The zero-order valence-electron chi connectivity index (χ0n) is 27.4. The van der Waals surface area contributed by atoms with E-state index in [0.29, 0.717) is 30.4 Å². The molecule has 3 rings (SSSR count). The fraction of sp³-hybridized carbons (Fsp3) is 0.528. The number of allylic oxidation sites excluding steroid dienone is 5. The van der Waals surface area contributed by atoms with E-state index in [1.807, 2.05) is 19.1 Å². The molecule has 1 aromatic carbocycles. The predicted molar refractivity (Wildman–Crippen MR) is 177 cm³/mol. The highest BCUT2D eigenvalue weighted by atomic mass is 16.5. The third-order valence-corrected chi connectivity index (χ3v) is 8.69. The average molecular weight is 639 g/mol. The Labute approximate surface area is 272 Å². The molecular weight excluding hydrogens is 588 g/mol. The Bertz CT molecular complexity index is 1310. The molecule has 2 amide bonds. The van der Waals surface area contributed by atoms with Gasteiger partial charge in [0.05, 0.1) is 24.3 Å². The topological polar surface area (TPSA) is 154 Å². The van der Waals surface area contributed by atoms with Crippen LogP contribution in [0.15, 0.2) is 60.2 Å². The first-order valence-corrected chi connectivity index (χ1v) is 16.2. The van der Waals surface area contributed by atoms with E-state index in [1.165, 1.54) is 19.2 Å². The van der Waals surface area contributed by atoms with Crippen LogP contribution in [-0.2, 0) is 30.3 Å². The van der Waals surface area contributed by atoms with Gasteiger partial charge in [0, 0.05) is 31.4 Å². The monoisotopic (exact) mass is 638 g/mol. The number of ether oxygens (including phenoxy) is 2. The van der Waals surface area contributed by atoms with Crippen molar-refractivity contribution in [2.45, 2.75) is 103 Å². The summed E-state index contributed by atoms with van der Waals surface area (Å²) in [5.41, 5.74) is 1.19. The molecule has 10 heteroatoms. The number of aliphatic hydroxyl groups is 1. The number of esters is 1. The molecule has 4 unspecified atom stereocenters. The summed E-state index contributed by atoms with van der Waals surface area (Å²) in [6.07, 6.45) is 16.2. The highest BCUT2D eigenvalue weighted by Gasteiger charge is 2.31. The number of anilines is 1. The molecule has 2 bridgehead atoms. The maximum Gasteiger partial charge on any atom is 0.328 e. The van der Waals surface area contributed by atoms with Crippen molar-refractivity contribution in [1.29, 1.82) is 0 Å². The number of benzene rings is 1. The summed E-state index contributed by atoms with van der Waals surface area (Å²) in [7, 11) is 1.49. The largest absolute Gasteiger partial charge is 0.508 e. The number of aromatic hydroxyl groups is 2. The first-order valence-electron chi connectivity index (χ1n) is 16.2. The van der Waals surface area contributed by atoms with Crippen LogP contribution in [0.25, 0.3) is 0 Å². The summed E-state index contributed by atoms with van der Waals surface area (Å²) in [6, 6.07) is 1.89. The van der Waals surface area contributed by atoms with Crippen LogP contribution in [0.2, 0.25) is 0 Å². The van der Waals surface area contributed by atoms with E-state index in [1.54, 1.807) is 44.2 Å². The molecule has 5 atom stereocenters. The number of phenols is 2. The zero-order valence-corrected chi connectivity index (χ0v) is 27.4. The molecule has 5 N–H and O–H groups in total. The summed E-state index contributed by atoms with van der Waals surface area (Å²) in [5.74, 6) is -1.90. The van der Waals surface area contributed by atoms with Gasteiger partial charge in [-0.2, -0.15) is 0 Å². The quantitative estimate of drug-likeness (QED) is 0.125. The maximum absolute atomic E-state index is 13.1. The smallest absolute Gasteiger partial charge is 0.328 e. The van der Waals surface area contributed by atoms with Crippen LogP contribution in [0.5, 0.6) is 11.5 Å². The van der Waals surface area contributed by atoms with Gasteiger partial charge in [-0.25, -0.2) is 4.79 Å². The number of rotatable bonds is 5. The van der Waals surface area contributed by atoms with Crippen molar-refractivity contribution in [2.24, 2.45) is 11.8 Å². The Morgan fingerprint density at radius 1 is 1.07 bits per heavy atom. The van der Waals surface area contributed by atoms with Crippen molar-refractivity contribution >= 4 is 23.5 Å². The molecule has 2 aliphatic rings. The summed E-state index contributed by atoms with van der Waals surface area (Å²) in [4.78, 5) is 38.6.